The number of nitriles is 1. The minimum Gasteiger partial charge on any atom is -0.484 e. The van der Waals surface area contributed by atoms with Crippen LogP contribution in [0.25, 0.3) is 0 Å². The Labute approximate surface area is 118 Å². The van der Waals surface area contributed by atoms with Gasteiger partial charge in [-0.3, -0.25) is 10.1 Å². The molecule has 0 saturated carbocycles. The van der Waals surface area contributed by atoms with Gasteiger partial charge in [0.05, 0.1) is 23.2 Å². The van der Waals surface area contributed by atoms with Crippen molar-refractivity contribution >= 4 is 5.69 Å². The van der Waals surface area contributed by atoms with Gasteiger partial charge < -0.3 is 9.47 Å². The summed E-state index contributed by atoms with van der Waals surface area (Å²) in [7, 11) is 0. The molecule has 1 aromatic rings. The summed E-state index contributed by atoms with van der Waals surface area (Å²) in [5.74, 6) is 0.733. The van der Waals surface area contributed by atoms with Gasteiger partial charge in [-0.05, 0) is 24.5 Å². The molecule has 0 heterocycles. The lowest BCUT2D eigenvalue weighted by Gasteiger charge is -2.08. The average Bonchev–Trinajstić information content (AvgIpc) is 2.42. The predicted octanol–water partition coefficient (Wildman–Crippen LogP) is 2.91. The van der Waals surface area contributed by atoms with Crippen molar-refractivity contribution in [1.29, 1.82) is 5.26 Å². The fourth-order valence-corrected chi connectivity index (χ4v) is 1.48. The van der Waals surface area contributed by atoms with Crippen LogP contribution in [0.3, 0.4) is 0 Å². The second-order valence-electron chi connectivity index (χ2n) is 4.69. The van der Waals surface area contributed by atoms with Gasteiger partial charge >= 0.3 is 5.69 Å². The second-order valence-corrected chi connectivity index (χ2v) is 4.69. The van der Waals surface area contributed by atoms with Crippen LogP contribution < -0.4 is 4.74 Å². The number of nitro groups is 1. The first-order valence-corrected chi connectivity index (χ1v) is 6.43. The zero-order valence-electron chi connectivity index (χ0n) is 11.7. The second kappa shape index (κ2) is 8.12. The van der Waals surface area contributed by atoms with E-state index in [9.17, 15) is 10.1 Å². The molecular weight excluding hydrogens is 260 g/mol. The Morgan fingerprint density at radius 3 is 2.70 bits per heavy atom. The molecule has 0 N–H and O–H groups in total. The number of ether oxygens (including phenoxy) is 2. The molecule has 0 saturated heterocycles. The van der Waals surface area contributed by atoms with E-state index >= 15 is 0 Å². The molecule has 6 heteroatoms. The van der Waals surface area contributed by atoms with Gasteiger partial charge in [-0.1, -0.05) is 13.8 Å². The molecule has 0 aliphatic carbocycles. The molecule has 0 fully saturated rings. The van der Waals surface area contributed by atoms with Crippen molar-refractivity contribution < 1.29 is 14.4 Å². The van der Waals surface area contributed by atoms with E-state index in [1.54, 1.807) is 0 Å². The van der Waals surface area contributed by atoms with E-state index in [0.717, 1.165) is 6.42 Å². The SMILES string of the molecule is CC(C)CCOCCOc1ccc(C#N)cc1[N+](=O)[O-]. The molecule has 0 aromatic heterocycles. The molecule has 108 valence electrons. The first kappa shape index (κ1) is 15.9. The van der Waals surface area contributed by atoms with E-state index in [1.807, 2.05) is 6.07 Å². The van der Waals surface area contributed by atoms with Crippen LogP contribution in [0.2, 0.25) is 0 Å². The highest BCUT2D eigenvalue weighted by molar-refractivity contribution is 5.51. The van der Waals surface area contributed by atoms with E-state index < -0.39 is 4.92 Å². The van der Waals surface area contributed by atoms with Gasteiger partial charge in [-0.2, -0.15) is 5.26 Å². The standard InChI is InChI=1S/C14H18N2O4/c1-11(2)5-6-19-7-8-20-14-4-3-12(10-15)9-13(14)16(17)18/h3-4,9,11H,5-8H2,1-2H3. The number of hydrogen-bond acceptors (Lipinski definition) is 5. The summed E-state index contributed by atoms with van der Waals surface area (Å²) >= 11 is 0. The number of benzene rings is 1. The fourth-order valence-electron chi connectivity index (χ4n) is 1.48. The molecule has 1 aromatic carbocycles. The molecule has 1 rings (SSSR count). The maximum absolute atomic E-state index is 10.9. The molecule has 0 unspecified atom stereocenters. The van der Waals surface area contributed by atoms with Crippen LogP contribution in [0, 0.1) is 27.4 Å². The minimum atomic E-state index is -0.560. The Kier molecular flexibility index (Phi) is 6.47. The van der Waals surface area contributed by atoms with E-state index in [0.29, 0.717) is 19.1 Å². The van der Waals surface area contributed by atoms with Crippen molar-refractivity contribution in [3.8, 4) is 11.8 Å². The maximum Gasteiger partial charge on any atom is 0.312 e. The lowest BCUT2D eigenvalue weighted by Crippen LogP contribution is -2.09. The Morgan fingerprint density at radius 2 is 2.10 bits per heavy atom. The Hall–Kier alpha value is -2.13. The molecule has 20 heavy (non-hydrogen) atoms. The first-order chi connectivity index (χ1) is 9.54. The number of nitro benzene ring substituents is 1. The van der Waals surface area contributed by atoms with Crippen molar-refractivity contribution in [1.82, 2.24) is 0 Å². The van der Waals surface area contributed by atoms with E-state index in [4.69, 9.17) is 14.7 Å². The average molecular weight is 278 g/mol. The van der Waals surface area contributed by atoms with Gasteiger partial charge in [0.25, 0.3) is 0 Å². The van der Waals surface area contributed by atoms with Crippen LogP contribution in [-0.2, 0) is 4.74 Å². The summed E-state index contributed by atoms with van der Waals surface area (Å²) in [5, 5.41) is 19.6. The molecule has 0 aliphatic heterocycles. The zero-order chi connectivity index (χ0) is 15.0. The normalized spacial score (nSPS) is 10.3. The van der Waals surface area contributed by atoms with Gasteiger partial charge in [0.15, 0.2) is 5.75 Å². The summed E-state index contributed by atoms with van der Waals surface area (Å²) in [5.41, 5.74) is 0.0310. The third-order valence-corrected chi connectivity index (χ3v) is 2.61. The Bertz CT molecular complexity index is 494. The van der Waals surface area contributed by atoms with Gasteiger partial charge in [0, 0.05) is 12.7 Å². The van der Waals surface area contributed by atoms with Crippen molar-refractivity contribution in [3.63, 3.8) is 0 Å². The lowest BCUT2D eigenvalue weighted by atomic mass is 10.1. The molecule has 0 amide bonds. The lowest BCUT2D eigenvalue weighted by molar-refractivity contribution is -0.385. The summed E-state index contributed by atoms with van der Waals surface area (Å²) < 4.78 is 10.7. The van der Waals surface area contributed by atoms with E-state index in [1.165, 1.54) is 18.2 Å². The van der Waals surface area contributed by atoms with Gasteiger partial charge in [0.2, 0.25) is 0 Å². The quantitative estimate of drug-likeness (QED) is 0.414. The number of rotatable bonds is 8. The summed E-state index contributed by atoms with van der Waals surface area (Å²) in [6, 6.07) is 5.99. The molecule has 0 bridgehead atoms. The van der Waals surface area contributed by atoms with Crippen LogP contribution in [0.15, 0.2) is 18.2 Å². The number of nitrogens with zero attached hydrogens (tertiary/aromatic N) is 2. The zero-order valence-corrected chi connectivity index (χ0v) is 11.7. The fraction of sp³-hybridized carbons (Fsp3) is 0.500. The van der Waals surface area contributed by atoms with E-state index in [-0.39, 0.29) is 23.6 Å². The van der Waals surface area contributed by atoms with Gasteiger partial charge in [0.1, 0.15) is 6.61 Å². The third kappa shape index (κ3) is 5.24. The molecule has 0 aliphatic rings. The Morgan fingerprint density at radius 1 is 1.35 bits per heavy atom. The van der Waals surface area contributed by atoms with Crippen molar-refractivity contribution in [3.05, 3.63) is 33.9 Å². The Balaban J connectivity index is 2.48. The number of hydrogen-bond donors (Lipinski definition) is 0. The minimum absolute atomic E-state index is 0.154. The molecule has 0 atom stereocenters. The molecular formula is C14H18N2O4. The summed E-state index contributed by atoms with van der Waals surface area (Å²) in [4.78, 5) is 10.3. The van der Waals surface area contributed by atoms with E-state index in [2.05, 4.69) is 13.8 Å². The smallest absolute Gasteiger partial charge is 0.312 e. The monoisotopic (exact) mass is 278 g/mol. The highest BCUT2D eigenvalue weighted by Crippen LogP contribution is 2.27. The van der Waals surface area contributed by atoms with Gasteiger partial charge in [-0.15, -0.1) is 0 Å². The van der Waals surface area contributed by atoms with Crippen LogP contribution in [0.5, 0.6) is 5.75 Å². The van der Waals surface area contributed by atoms with Crippen LogP contribution >= 0.6 is 0 Å². The largest absolute Gasteiger partial charge is 0.484 e. The van der Waals surface area contributed by atoms with Crippen LogP contribution in [-0.4, -0.2) is 24.7 Å². The van der Waals surface area contributed by atoms with Crippen molar-refractivity contribution in [2.75, 3.05) is 19.8 Å². The third-order valence-electron chi connectivity index (χ3n) is 2.61. The summed E-state index contributed by atoms with van der Waals surface area (Å²) in [6.07, 6.45) is 0.969. The summed E-state index contributed by atoms with van der Waals surface area (Å²) in [6.45, 7) is 5.49. The van der Waals surface area contributed by atoms with Gasteiger partial charge in [-0.25, -0.2) is 0 Å². The van der Waals surface area contributed by atoms with Crippen LogP contribution in [0.1, 0.15) is 25.8 Å². The van der Waals surface area contributed by atoms with Crippen molar-refractivity contribution in [2.24, 2.45) is 5.92 Å². The van der Waals surface area contributed by atoms with Crippen LogP contribution in [0.4, 0.5) is 5.69 Å². The molecule has 0 spiro atoms. The first-order valence-electron chi connectivity index (χ1n) is 6.43. The predicted molar refractivity (Wildman–Crippen MR) is 73.6 cm³/mol. The molecule has 0 radical (unpaired) electrons. The molecule has 6 nitrogen and oxygen atoms in total. The van der Waals surface area contributed by atoms with Crippen molar-refractivity contribution in [2.45, 2.75) is 20.3 Å². The highest BCUT2D eigenvalue weighted by atomic mass is 16.6. The highest BCUT2D eigenvalue weighted by Gasteiger charge is 2.15. The maximum atomic E-state index is 10.9. The topological polar surface area (TPSA) is 85.4 Å².